The van der Waals surface area contributed by atoms with Gasteiger partial charge >= 0.3 is 0 Å². The zero-order chi connectivity index (χ0) is 9.64. The summed E-state index contributed by atoms with van der Waals surface area (Å²) in [5, 5.41) is 2.66. The van der Waals surface area contributed by atoms with Gasteiger partial charge in [-0.05, 0) is 0 Å². The molecular formula is C14H12Co-6. The van der Waals surface area contributed by atoms with Crippen molar-refractivity contribution in [3.05, 3.63) is 72.8 Å². The van der Waals surface area contributed by atoms with Crippen molar-refractivity contribution >= 4 is 10.8 Å². The van der Waals surface area contributed by atoms with Crippen LogP contribution in [0.3, 0.4) is 0 Å². The van der Waals surface area contributed by atoms with Crippen molar-refractivity contribution in [1.29, 1.82) is 0 Å². The summed E-state index contributed by atoms with van der Waals surface area (Å²) in [6.45, 7) is 0. The average Bonchev–Trinajstić information content (AvgIpc) is 2.92. The van der Waals surface area contributed by atoms with Crippen LogP contribution >= 0.6 is 0 Å². The van der Waals surface area contributed by atoms with Gasteiger partial charge in [0.25, 0.3) is 0 Å². The molecule has 3 aromatic rings. The van der Waals surface area contributed by atoms with Crippen LogP contribution in [0.2, 0.25) is 0 Å². The van der Waals surface area contributed by atoms with Crippen LogP contribution in [-0.4, -0.2) is 0 Å². The van der Waals surface area contributed by atoms with Crippen molar-refractivity contribution in [2.45, 2.75) is 0 Å². The molecule has 1 heteroatoms. The number of hydrogen-bond donors (Lipinski definition) is 0. The minimum Gasteiger partial charge on any atom is -0.748 e. The van der Waals surface area contributed by atoms with Gasteiger partial charge in [-0.1, -0.05) is 5.39 Å². The SMILES string of the molecule is [Co].[cH-]1[cH-][cH-][cH-][cH-]1.c1cc[c-]2cccc2c1. The van der Waals surface area contributed by atoms with Gasteiger partial charge < -0.3 is 30.3 Å². The molecule has 0 nitrogen and oxygen atoms in total. The van der Waals surface area contributed by atoms with Crippen LogP contribution in [0.5, 0.6) is 0 Å². The van der Waals surface area contributed by atoms with E-state index in [4.69, 9.17) is 0 Å². The zero-order valence-corrected chi connectivity index (χ0v) is 9.30. The van der Waals surface area contributed by atoms with Crippen LogP contribution < -0.4 is 0 Å². The van der Waals surface area contributed by atoms with E-state index in [2.05, 4.69) is 42.5 Å². The Hall–Kier alpha value is -1.31. The fraction of sp³-hybridized carbons (Fsp3) is 0. The molecule has 0 saturated carbocycles. The summed E-state index contributed by atoms with van der Waals surface area (Å²) in [7, 11) is 0. The van der Waals surface area contributed by atoms with Crippen molar-refractivity contribution in [1.82, 2.24) is 0 Å². The first-order chi connectivity index (χ1) is 6.97. The second-order valence-electron chi connectivity index (χ2n) is 3.12. The average molecular weight is 239 g/mol. The molecule has 0 atom stereocenters. The van der Waals surface area contributed by atoms with E-state index in [9.17, 15) is 0 Å². The van der Waals surface area contributed by atoms with Gasteiger partial charge in [0.1, 0.15) is 0 Å². The maximum absolute atomic E-state index is 2.12. The molecule has 0 fully saturated rings. The Morgan fingerprint density at radius 2 is 1.27 bits per heavy atom. The van der Waals surface area contributed by atoms with Gasteiger partial charge in [-0.15, -0.1) is 35.7 Å². The van der Waals surface area contributed by atoms with Crippen LogP contribution in [0.25, 0.3) is 10.8 Å². The first-order valence-corrected chi connectivity index (χ1v) is 4.74. The monoisotopic (exact) mass is 239 g/mol. The molecule has 0 saturated heterocycles. The van der Waals surface area contributed by atoms with Crippen molar-refractivity contribution in [2.24, 2.45) is 0 Å². The van der Waals surface area contributed by atoms with E-state index in [-0.39, 0.29) is 16.8 Å². The fourth-order valence-electron chi connectivity index (χ4n) is 1.39. The summed E-state index contributed by atoms with van der Waals surface area (Å²) in [6, 6.07) is 24.7. The van der Waals surface area contributed by atoms with Crippen molar-refractivity contribution in [3.63, 3.8) is 0 Å². The summed E-state index contributed by atoms with van der Waals surface area (Å²) in [5.74, 6) is 0. The van der Waals surface area contributed by atoms with E-state index in [0.717, 1.165) is 0 Å². The normalized spacial score (nSPS) is 8.80. The molecule has 1 radical (unpaired) electrons. The molecule has 0 amide bonds. The summed E-state index contributed by atoms with van der Waals surface area (Å²) in [4.78, 5) is 0. The molecule has 0 unspecified atom stereocenters. The number of benzene rings is 1. The van der Waals surface area contributed by atoms with E-state index >= 15 is 0 Å². The summed E-state index contributed by atoms with van der Waals surface area (Å²) >= 11 is 0. The maximum Gasteiger partial charge on any atom is 0 e. The van der Waals surface area contributed by atoms with E-state index in [1.54, 1.807) is 0 Å². The maximum atomic E-state index is 2.12. The quantitative estimate of drug-likeness (QED) is 0.521. The van der Waals surface area contributed by atoms with Crippen molar-refractivity contribution < 1.29 is 16.8 Å². The van der Waals surface area contributed by atoms with Gasteiger partial charge in [-0.3, -0.25) is 0 Å². The predicted octanol–water partition coefficient (Wildman–Crippen LogP) is 3.96. The molecule has 0 bridgehead atoms. The molecule has 0 aliphatic rings. The summed E-state index contributed by atoms with van der Waals surface area (Å²) in [5.41, 5.74) is 0. The molecule has 0 spiro atoms. The predicted molar refractivity (Wildman–Crippen MR) is 61.6 cm³/mol. The van der Waals surface area contributed by atoms with Gasteiger partial charge in [-0.2, -0.15) is 12.1 Å². The third-order valence-corrected chi connectivity index (χ3v) is 2.10. The van der Waals surface area contributed by atoms with Gasteiger partial charge in [0.2, 0.25) is 0 Å². The third-order valence-electron chi connectivity index (χ3n) is 2.10. The molecule has 0 aliphatic carbocycles. The van der Waals surface area contributed by atoms with Crippen LogP contribution in [0.4, 0.5) is 0 Å². The number of fused-ring (bicyclic) bond motifs is 1. The second kappa shape index (κ2) is 6.22. The van der Waals surface area contributed by atoms with Crippen LogP contribution in [-0.2, 0) is 16.8 Å². The first-order valence-electron chi connectivity index (χ1n) is 4.74. The van der Waals surface area contributed by atoms with E-state index in [1.165, 1.54) is 10.8 Å². The van der Waals surface area contributed by atoms with Gasteiger partial charge in [-0.25, -0.2) is 0 Å². The van der Waals surface area contributed by atoms with Crippen LogP contribution in [0, 0.1) is 0 Å². The Balaban J connectivity index is 0.000000162. The molecule has 0 aromatic heterocycles. The third kappa shape index (κ3) is 3.39. The summed E-state index contributed by atoms with van der Waals surface area (Å²) in [6.07, 6.45) is 0. The Bertz CT molecular complexity index is 415. The minimum atomic E-state index is 0. The second-order valence-corrected chi connectivity index (χ2v) is 3.12. The number of hydrogen-bond acceptors (Lipinski definition) is 0. The molecule has 0 heterocycles. The van der Waals surface area contributed by atoms with E-state index in [1.807, 2.05) is 30.3 Å². The Labute approximate surface area is 100 Å². The van der Waals surface area contributed by atoms with E-state index in [0.29, 0.717) is 0 Å². The topological polar surface area (TPSA) is 0 Å². The number of rotatable bonds is 0. The minimum absolute atomic E-state index is 0. The smallest absolute Gasteiger partial charge is 0 e. The molecule has 0 aliphatic heterocycles. The van der Waals surface area contributed by atoms with E-state index < -0.39 is 0 Å². The first kappa shape index (κ1) is 11.8. The van der Waals surface area contributed by atoms with Crippen molar-refractivity contribution in [3.8, 4) is 0 Å². The Morgan fingerprint density at radius 3 is 1.87 bits per heavy atom. The molecule has 15 heavy (non-hydrogen) atoms. The Morgan fingerprint density at radius 1 is 0.733 bits per heavy atom. The van der Waals surface area contributed by atoms with Gasteiger partial charge in [0.15, 0.2) is 0 Å². The Kier molecular flexibility index (Phi) is 4.88. The molecule has 3 rings (SSSR count). The molecular weight excluding hydrogens is 227 g/mol. The molecule has 3 aromatic carbocycles. The van der Waals surface area contributed by atoms with Crippen LogP contribution in [0.1, 0.15) is 0 Å². The van der Waals surface area contributed by atoms with Crippen molar-refractivity contribution in [2.75, 3.05) is 0 Å². The fourth-order valence-corrected chi connectivity index (χ4v) is 1.39. The zero-order valence-electron chi connectivity index (χ0n) is 8.26. The van der Waals surface area contributed by atoms with Crippen LogP contribution in [0.15, 0.2) is 72.8 Å². The standard InChI is InChI=1S/C9H7.C5H5.Co/c1-2-5-9-7-3-6-8(9)4-1;1-2-4-5-3-1;/h1-7H;1-5H;/q-1;-5;. The summed E-state index contributed by atoms with van der Waals surface area (Å²) < 4.78 is 0. The molecule has 0 N–H and O–H groups in total. The molecule has 83 valence electrons. The van der Waals surface area contributed by atoms with Gasteiger partial charge in [0.05, 0.1) is 0 Å². The van der Waals surface area contributed by atoms with Gasteiger partial charge in [0, 0.05) is 16.8 Å². The largest absolute Gasteiger partial charge is 0.748 e.